The molecule has 1 aliphatic heterocycles. The van der Waals surface area contributed by atoms with Crippen molar-refractivity contribution in [2.75, 3.05) is 5.32 Å². The Morgan fingerprint density at radius 1 is 1.15 bits per heavy atom. The van der Waals surface area contributed by atoms with Crippen LogP contribution >= 0.6 is 0 Å². The highest BCUT2D eigenvalue weighted by atomic mass is 16.5. The third kappa shape index (κ3) is 5.64. The Balaban J connectivity index is 1.90. The quantitative estimate of drug-likeness (QED) is 0.162. The van der Waals surface area contributed by atoms with Crippen molar-refractivity contribution in [1.29, 1.82) is 5.41 Å². The van der Waals surface area contributed by atoms with Crippen LogP contribution in [0.3, 0.4) is 0 Å². The van der Waals surface area contributed by atoms with Gasteiger partial charge in [0.15, 0.2) is 5.96 Å². The SMILES string of the molecule is N=C(N)Nc1ccc2c(c1)CCCc1c(cccc1C(=O)N[C@@H](CC(=O)O)C(=O)O)OC2=O. The van der Waals surface area contributed by atoms with Gasteiger partial charge in [0.1, 0.15) is 11.8 Å². The minimum atomic E-state index is -1.61. The molecule has 2 aromatic carbocycles. The topological polar surface area (TPSA) is 192 Å². The Morgan fingerprint density at radius 3 is 2.58 bits per heavy atom. The molecule has 0 aliphatic carbocycles. The van der Waals surface area contributed by atoms with E-state index in [-0.39, 0.29) is 17.3 Å². The van der Waals surface area contributed by atoms with Crippen molar-refractivity contribution in [2.24, 2.45) is 5.73 Å². The van der Waals surface area contributed by atoms with E-state index in [4.69, 9.17) is 21.0 Å². The van der Waals surface area contributed by atoms with Crippen molar-refractivity contribution < 1.29 is 34.1 Å². The summed E-state index contributed by atoms with van der Waals surface area (Å²) in [6.45, 7) is 0. The van der Waals surface area contributed by atoms with Crippen LogP contribution in [-0.2, 0) is 22.4 Å². The van der Waals surface area contributed by atoms with E-state index < -0.39 is 36.3 Å². The van der Waals surface area contributed by atoms with E-state index in [0.29, 0.717) is 41.6 Å². The fourth-order valence-electron chi connectivity index (χ4n) is 3.59. The molecule has 0 fully saturated rings. The van der Waals surface area contributed by atoms with Gasteiger partial charge in [-0.25, -0.2) is 9.59 Å². The standard InChI is InChI=1S/C22H22N4O7/c23-22(24)25-12-7-8-13-11(9-12)3-1-4-14-15(5-2-6-17(14)33-21(13)32)19(29)26-16(20(30)31)10-18(27)28/h2,5-9,16H,1,3-4,10H2,(H,26,29)(H,27,28)(H,30,31)(H4,23,24,25)/t16-/m0/s1. The van der Waals surface area contributed by atoms with E-state index in [2.05, 4.69) is 10.6 Å². The molecule has 1 amide bonds. The van der Waals surface area contributed by atoms with Crippen molar-refractivity contribution in [3.8, 4) is 5.75 Å². The Bertz CT molecular complexity index is 1150. The van der Waals surface area contributed by atoms with Gasteiger partial charge in [-0.05, 0) is 55.2 Å². The number of hydrogen-bond donors (Lipinski definition) is 6. The maximum atomic E-state index is 12.8. The number of esters is 1. The number of amides is 1. The van der Waals surface area contributed by atoms with Gasteiger partial charge in [0.05, 0.1) is 12.0 Å². The predicted octanol–water partition coefficient (Wildman–Crippen LogP) is 1.36. The molecule has 11 nitrogen and oxygen atoms in total. The van der Waals surface area contributed by atoms with E-state index in [1.807, 2.05) is 0 Å². The molecule has 172 valence electrons. The largest absolute Gasteiger partial charge is 0.481 e. The van der Waals surface area contributed by atoms with Gasteiger partial charge in [0, 0.05) is 16.8 Å². The predicted molar refractivity (Wildman–Crippen MR) is 117 cm³/mol. The molecule has 3 rings (SSSR count). The van der Waals surface area contributed by atoms with Crippen LogP contribution in [0.1, 0.15) is 44.7 Å². The minimum Gasteiger partial charge on any atom is -0.481 e. The number of anilines is 1. The molecular formula is C22H22N4O7. The minimum absolute atomic E-state index is 0.0989. The lowest BCUT2D eigenvalue weighted by atomic mass is 9.97. The Morgan fingerprint density at radius 2 is 1.91 bits per heavy atom. The second-order valence-electron chi connectivity index (χ2n) is 7.40. The highest BCUT2D eigenvalue weighted by molar-refractivity contribution is 6.00. The van der Waals surface area contributed by atoms with Gasteiger partial charge in [-0.3, -0.25) is 15.0 Å². The van der Waals surface area contributed by atoms with E-state index in [1.165, 1.54) is 18.2 Å². The number of aryl methyl sites for hydroxylation is 1. The molecule has 1 atom stereocenters. The number of aliphatic carboxylic acids is 2. The van der Waals surface area contributed by atoms with Crippen molar-refractivity contribution in [2.45, 2.75) is 31.7 Å². The van der Waals surface area contributed by atoms with Crippen molar-refractivity contribution >= 4 is 35.5 Å². The van der Waals surface area contributed by atoms with Crippen molar-refractivity contribution in [1.82, 2.24) is 5.32 Å². The monoisotopic (exact) mass is 454 g/mol. The number of hydrogen-bond acceptors (Lipinski definition) is 6. The van der Waals surface area contributed by atoms with Gasteiger partial charge in [0.2, 0.25) is 0 Å². The third-order valence-electron chi connectivity index (χ3n) is 5.04. The van der Waals surface area contributed by atoms with Crippen LogP contribution in [0, 0.1) is 5.41 Å². The number of nitrogens with two attached hydrogens (primary N) is 1. The molecule has 7 N–H and O–H groups in total. The molecule has 0 bridgehead atoms. The summed E-state index contributed by atoms with van der Waals surface area (Å²) in [4.78, 5) is 47.9. The first-order chi connectivity index (χ1) is 15.7. The summed E-state index contributed by atoms with van der Waals surface area (Å²) in [5.41, 5.74) is 7.43. The fourth-order valence-corrected chi connectivity index (χ4v) is 3.59. The van der Waals surface area contributed by atoms with Crippen LogP contribution in [0.4, 0.5) is 5.69 Å². The summed E-state index contributed by atoms with van der Waals surface area (Å²) in [6, 6.07) is 7.74. The molecule has 1 aliphatic rings. The number of carbonyl (C=O) groups is 4. The zero-order chi connectivity index (χ0) is 24.1. The molecule has 2 aromatic rings. The van der Waals surface area contributed by atoms with Crippen molar-refractivity contribution in [3.05, 3.63) is 58.7 Å². The van der Waals surface area contributed by atoms with Gasteiger partial charge in [-0.15, -0.1) is 0 Å². The number of nitrogens with one attached hydrogen (secondary N) is 3. The molecule has 0 saturated carbocycles. The number of benzene rings is 2. The molecule has 0 aromatic heterocycles. The van der Waals surface area contributed by atoms with Gasteiger partial charge >= 0.3 is 17.9 Å². The smallest absolute Gasteiger partial charge is 0.343 e. The Hall–Kier alpha value is -4.41. The summed E-state index contributed by atoms with van der Waals surface area (Å²) in [5, 5.41) is 30.4. The number of carboxylic acid groups (broad SMARTS) is 2. The van der Waals surface area contributed by atoms with Crippen LogP contribution in [0.2, 0.25) is 0 Å². The van der Waals surface area contributed by atoms with E-state index in [0.717, 1.165) is 0 Å². The maximum absolute atomic E-state index is 12.8. The van der Waals surface area contributed by atoms with Gasteiger partial charge in [-0.2, -0.15) is 0 Å². The van der Waals surface area contributed by atoms with E-state index in [9.17, 15) is 24.3 Å². The van der Waals surface area contributed by atoms with Crippen LogP contribution in [0.15, 0.2) is 36.4 Å². The molecule has 0 saturated heterocycles. The van der Waals surface area contributed by atoms with Crippen LogP contribution in [0.25, 0.3) is 0 Å². The normalized spacial score (nSPS) is 13.6. The Labute approximate surface area is 188 Å². The number of ether oxygens (including phenoxy) is 1. The van der Waals surface area contributed by atoms with Crippen LogP contribution in [-0.4, -0.2) is 46.0 Å². The second kappa shape index (κ2) is 9.81. The second-order valence-corrected chi connectivity index (χ2v) is 7.40. The number of fused-ring (bicyclic) bond motifs is 2. The van der Waals surface area contributed by atoms with E-state index in [1.54, 1.807) is 18.2 Å². The van der Waals surface area contributed by atoms with Gasteiger partial charge in [0.25, 0.3) is 5.91 Å². The van der Waals surface area contributed by atoms with Crippen LogP contribution in [0.5, 0.6) is 5.75 Å². The molecule has 33 heavy (non-hydrogen) atoms. The summed E-state index contributed by atoms with van der Waals surface area (Å²) >= 11 is 0. The Kier molecular flexibility index (Phi) is 6.91. The summed E-state index contributed by atoms with van der Waals surface area (Å²) in [7, 11) is 0. The molecule has 0 spiro atoms. The zero-order valence-corrected chi connectivity index (χ0v) is 17.4. The van der Waals surface area contributed by atoms with Crippen molar-refractivity contribution in [3.63, 3.8) is 0 Å². The highest BCUT2D eigenvalue weighted by Gasteiger charge is 2.27. The number of carboxylic acids is 2. The number of carbonyl (C=O) groups excluding carboxylic acids is 2. The average molecular weight is 454 g/mol. The molecular weight excluding hydrogens is 432 g/mol. The average Bonchev–Trinajstić information content (AvgIpc) is 2.79. The summed E-state index contributed by atoms with van der Waals surface area (Å²) in [5.74, 6) is -4.33. The molecule has 1 heterocycles. The third-order valence-corrected chi connectivity index (χ3v) is 5.04. The number of guanidine groups is 1. The molecule has 11 heteroatoms. The zero-order valence-electron chi connectivity index (χ0n) is 17.4. The number of rotatable bonds is 6. The highest BCUT2D eigenvalue weighted by Crippen LogP contribution is 2.29. The van der Waals surface area contributed by atoms with Crippen LogP contribution < -0.4 is 21.1 Å². The lowest BCUT2D eigenvalue weighted by Gasteiger charge is -2.16. The molecule has 0 radical (unpaired) electrons. The molecule has 0 unspecified atom stereocenters. The lowest BCUT2D eigenvalue weighted by Crippen LogP contribution is -2.42. The van der Waals surface area contributed by atoms with Gasteiger partial charge in [-0.1, -0.05) is 6.07 Å². The van der Waals surface area contributed by atoms with E-state index >= 15 is 0 Å². The summed E-state index contributed by atoms with van der Waals surface area (Å²) in [6.07, 6.45) is 0.551. The lowest BCUT2D eigenvalue weighted by molar-refractivity contribution is -0.145. The van der Waals surface area contributed by atoms with Gasteiger partial charge < -0.3 is 31.3 Å². The first-order valence-electron chi connectivity index (χ1n) is 9.99. The summed E-state index contributed by atoms with van der Waals surface area (Å²) < 4.78 is 5.56. The maximum Gasteiger partial charge on any atom is 0.343 e. The fraction of sp³-hybridized carbons (Fsp3) is 0.227. The first-order valence-corrected chi connectivity index (χ1v) is 9.99. The first kappa shape index (κ1) is 23.3.